The van der Waals surface area contributed by atoms with Crippen LogP contribution in [0.15, 0.2) is 29.4 Å². The Morgan fingerprint density at radius 2 is 2.00 bits per heavy atom. The summed E-state index contributed by atoms with van der Waals surface area (Å²) in [6.45, 7) is 0. The van der Waals surface area contributed by atoms with E-state index in [9.17, 15) is 4.79 Å². The third-order valence-electron chi connectivity index (χ3n) is 4.01. The van der Waals surface area contributed by atoms with E-state index in [1.165, 1.54) is 7.11 Å². The van der Waals surface area contributed by atoms with Crippen LogP contribution in [0.25, 0.3) is 0 Å². The summed E-state index contributed by atoms with van der Waals surface area (Å²) in [5.41, 5.74) is 5.50. The summed E-state index contributed by atoms with van der Waals surface area (Å²) in [6, 6.07) is 6.99. The van der Waals surface area contributed by atoms with Crippen LogP contribution in [-0.4, -0.2) is 29.6 Å². The molecule has 0 unspecified atom stereocenters. The summed E-state index contributed by atoms with van der Waals surface area (Å²) in [5.74, 6) is 0.284. The fourth-order valence-electron chi connectivity index (χ4n) is 2.81. The first kappa shape index (κ1) is 15.2. The van der Waals surface area contributed by atoms with Crippen molar-refractivity contribution in [2.75, 3.05) is 7.11 Å². The van der Waals surface area contributed by atoms with Crippen LogP contribution in [-0.2, 0) is 0 Å². The SMILES string of the molecule is COc1ccccc1C(=O)NC1(/C(N)=N/O)CCCCC1. The third-order valence-corrected chi connectivity index (χ3v) is 4.01. The van der Waals surface area contributed by atoms with Crippen LogP contribution in [0.1, 0.15) is 42.5 Å². The van der Waals surface area contributed by atoms with Gasteiger partial charge < -0.3 is 21.0 Å². The molecule has 0 bridgehead atoms. The van der Waals surface area contributed by atoms with Gasteiger partial charge in [0.15, 0.2) is 5.84 Å². The molecule has 1 aliphatic rings. The standard InChI is InChI=1S/C15H21N3O3/c1-21-12-8-4-3-7-11(12)13(19)17-15(14(16)18-20)9-5-2-6-10-15/h3-4,7-8,20H,2,5-6,9-10H2,1H3,(H2,16,18)(H,17,19). The van der Waals surface area contributed by atoms with Crippen molar-refractivity contribution in [2.24, 2.45) is 10.9 Å². The second kappa shape index (κ2) is 6.47. The molecule has 1 saturated carbocycles. The van der Waals surface area contributed by atoms with Crippen LogP contribution in [0.4, 0.5) is 0 Å². The van der Waals surface area contributed by atoms with Crippen LogP contribution in [0.5, 0.6) is 5.75 Å². The van der Waals surface area contributed by atoms with Crippen molar-refractivity contribution in [2.45, 2.75) is 37.6 Å². The predicted octanol–water partition coefficient (Wildman–Crippen LogP) is 1.87. The molecule has 114 valence electrons. The molecule has 0 aromatic heterocycles. The minimum atomic E-state index is -0.773. The van der Waals surface area contributed by atoms with E-state index < -0.39 is 5.54 Å². The van der Waals surface area contributed by atoms with Gasteiger partial charge in [0, 0.05) is 0 Å². The molecule has 1 aromatic carbocycles. The number of rotatable bonds is 4. The highest BCUT2D eigenvalue weighted by Gasteiger charge is 2.38. The molecule has 1 amide bonds. The minimum absolute atomic E-state index is 0.0606. The molecular formula is C15H21N3O3. The summed E-state index contributed by atoms with van der Waals surface area (Å²) in [7, 11) is 1.52. The molecular weight excluding hydrogens is 270 g/mol. The first-order valence-electron chi connectivity index (χ1n) is 7.06. The molecule has 21 heavy (non-hydrogen) atoms. The lowest BCUT2D eigenvalue weighted by molar-refractivity contribution is 0.0902. The Balaban J connectivity index is 2.26. The zero-order valence-corrected chi connectivity index (χ0v) is 12.1. The molecule has 6 heteroatoms. The van der Waals surface area contributed by atoms with Gasteiger partial charge >= 0.3 is 0 Å². The lowest BCUT2D eigenvalue weighted by Gasteiger charge is -2.36. The minimum Gasteiger partial charge on any atom is -0.496 e. The van der Waals surface area contributed by atoms with Gasteiger partial charge in [-0.05, 0) is 25.0 Å². The third kappa shape index (κ3) is 3.09. The number of carbonyl (C=O) groups excluding carboxylic acids is 1. The molecule has 0 aliphatic heterocycles. The van der Waals surface area contributed by atoms with Crippen LogP contribution in [0.3, 0.4) is 0 Å². The van der Waals surface area contributed by atoms with Crippen molar-refractivity contribution in [3.8, 4) is 5.75 Å². The quantitative estimate of drug-likeness (QED) is 0.341. The zero-order chi connectivity index (χ0) is 15.3. The van der Waals surface area contributed by atoms with E-state index >= 15 is 0 Å². The summed E-state index contributed by atoms with van der Waals surface area (Å²) in [4.78, 5) is 12.5. The van der Waals surface area contributed by atoms with Gasteiger partial charge in [-0.2, -0.15) is 0 Å². The van der Waals surface area contributed by atoms with Crippen LogP contribution < -0.4 is 15.8 Å². The second-order valence-corrected chi connectivity index (χ2v) is 5.28. The second-order valence-electron chi connectivity index (χ2n) is 5.28. The number of carbonyl (C=O) groups is 1. The van der Waals surface area contributed by atoms with Crippen molar-refractivity contribution >= 4 is 11.7 Å². The Hall–Kier alpha value is -2.24. The number of amidine groups is 1. The smallest absolute Gasteiger partial charge is 0.255 e. The van der Waals surface area contributed by atoms with Gasteiger partial charge in [0.25, 0.3) is 5.91 Å². The van der Waals surface area contributed by atoms with E-state index in [0.29, 0.717) is 24.2 Å². The van der Waals surface area contributed by atoms with Gasteiger partial charge in [0.1, 0.15) is 11.3 Å². The highest BCUT2D eigenvalue weighted by Crippen LogP contribution is 2.29. The van der Waals surface area contributed by atoms with E-state index in [2.05, 4.69) is 10.5 Å². The fourth-order valence-corrected chi connectivity index (χ4v) is 2.81. The molecule has 6 nitrogen and oxygen atoms in total. The number of methoxy groups -OCH3 is 1. The van der Waals surface area contributed by atoms with Gasteiger partial charge in [-0.1, -0.05) is 36.6 Å². The lowest BCUT2D eigenvalue weighted by Crippen LogP contribution is -2.58. The Morgan fingerprint density at radius 1 is 1.33 bits per heavy atom. The summed E-state index contributed by atoms with van der Waals surface area (Å²) >= 11 is 0. The zero-order valence-electron chi connectivity index (χ0n) is 12.1. The van der Waals surface area contributed by atoms with Crippen molar-refractivity contribution in [1.82, 2.24) is 5.32 Å². The van der Waals surface area contributed by atoms with Gasteiger partial charge in [-0.25, -0.2) is 0 Å². The predicted molar refractivity (Wildman–Crippen MR) is 79.7 cm³/mol. The largest absolute Gasteiger partial charge is 0.496 e. The number of benzene rings is 1. The molecule has 4 N–H and O–H groups in total. The van der Waals surface area contributed by atoms with Crippen molar-refractivity contribution in [1.29, 1.82) is 0 Å². The average molecular weight is 291 g/mol. The Kier molecular flexibility index (Phi) is 4.67. The Labute approximate surface area is 124 Å². The Morgan fingerprint density at radius 3 is 2.62 bits per heavy atom. The van der Waals surface area contributed by atoms with Gasteiger partial charge in [-0.3, -0.25) is 4.79 Å². The number of oxime groups is 1. The molecule has 0 atom stereocenters. The summed E-state index contributed by atoms with van der Waals surface area (Å²) in [5, 5.41) is 15.1. The number of para-hydroxylation sites is 1. The van der Waals surface area contributed by atoms with E-state index in [4.69, 9.17) is 15.7 Å². The number of hydrogen-bond donors (Lipinski definition) is 3. The highest BCUT2D eigenvalue weighted by molar-refractivity contribution is 6.01. The van der Waals surface area contributed by atoms with E-state index in [-0.39, 0.29) is 11.7 Å². The van der Waals surface area contributed by atoms with Crippen LogP contribution in [0.2, 0.25) is 0 Å². The summed E-state index contributed by atoms with van der Waals surface area (Å²) < 4.78 is 5.20. The van der Waals surface area contributed by atoms with E-state index in [1.54, 1.807) is 24.3 Å². The normalized spacial score (nSPS) is 18.0. The molecule has 0 spiro atoms. The van der Waals surface area contributed by atoms with Crippen LogP contribution >= 0.6 is 0 Å². The summed E-state index contributed by atoms with van der Waals surface area (Å²) in [6.07, 6.45) is 4.30. The fraction of sp³-hybridized carbons (Fsp3) is 0.467. The number of hydrogen-bond acceptors (Lipinski definition) is 4. The maximum absolute atomic E-state index is 12.5. The molecule has 2 rings (SSSR count). The molecule has 0 radical (unpaired) electrons. The Bertz CT molecular complexity index is 537. The van der Waals surface area contributed by atoms with Gasteiger partial charge in [0.05, 0.1) is 12.7 Å². The van der Waals surface area contributed by atoms with Gasteiger partial charge in [-0.15, -0.1) is 0 Å². The maximum Gasteiger partial charge on any atom is 0.255 e. The topological polar surface area (TPSA) is 96.9 Å². The molecule has 1 aliphatic carbocycles. The number of nitrogens with zero attached hydrogens (tertiary/aromatic N) is 1. The van der Waals surface area contributed by atoms with E-state index in [0.717, 1.165) is 19.3 Å². The van der Waals surface area contributed by atoms with Gasteiger partial charge in [0.2, 0.25) is 0 Å². The number of nitrogens with two attached hydrogens (primary N) is 1. The molecule has 0 heterocycles. The first-order valence-corrected chi connectivity index (χ1v) is 7.06. The highest BCUT2D eigenvalue weighted by atomic mass is 16.5. The maximum atomic E-state index is 12.5. The van der Waals surface area contributed by atoms with Crippen molar-refractivity contribution in [3.05, 3.63) is 29.8 Å². The van der Waals surface area contributed by atoms with Crippen molar-refractivity contribution in [3.63, 3.8) is 0 Å². The molecule has 1 fully saturated rings. The first-order chi connectivity index (χ1) is 10.1. The van der Waals surface area contributed by atoms with Crippen molar-refractivity contribution < 1.29 is 14.7 Å². The number of nitrogens with one attached hydrogen (secondary N) is 1. The number of ether oxygens (including phenoxy) is 1. The van der Waals surface area contributed by atoms with Crippen LogP contribution in [0, 0.1) is 0 Å². The monoisotopic (exact) mass is 291 g/mol. The average Bonchev–Trinajstić information content (AvgIpc) is 2.54. The number of amides is 1. The molecule has 0 saturated heterocycles. The molecule has 1 aromatic rings. The van der Waals surface area contributed by atoms with E-state index in [1.807, 2.05) is 0 Å². The lowest BCUT2D eigenvalue weighted by atomic mass is 9.80.